The molecule has 0 spiro atoms. The van der Waals surface area contributed by atoms with Gasteiger partial charge in [0.05, 0.1) is 12.1 Å². The lowest BCUT2D eigenvalue weighted by Crippen LogP contribution is -2.46. The normalized spacial score (nSPS) is 15.7. The number of hydrogen-bond acceptors (Lipinski definition) is 4. The first-order chi connectivity index (χ1) is 12.7. The molecule has 1 fully saturated rings. The van der Waals surface area contributed by atoms with E-state index in [1.165, 1.54) is 16.9 Å². The van der Waals surface area contributed by atoms with Gasteiger partial charge in [-0.15, -0.1) is 0 Å². The van der Waals surface area contributed by atoms with Crippen LogP contribution in [0.1, 0.15) is 24.9 Å². The molecule has 2 aromatic heterocycles. The van der Waals surface area contributed by atoms with Crippen LogP contribution in [0.4, 0.5) is 5.69 Å². The summed E-state index contributed by atoms with van der Waals surface area (Å²) in [5, 5.41) is 1.25. The summed E-state index contributed by atoms with van der Waals surface area (Å²) in [6, 6.07) is 10.7. The van der Waals surface area contributed by atoms with Crippen molar-refractivity contribution in [3.05, 3.63) is 54.2 Å². The van der Waals surface area contributed by atoms with E-state index in [-0.39, 0.29) is 0 Å². The molecule has 0 bridgehead atoms. The number of imidazole rings is 1. The van der Waals surface area contributed by atoms with Gasteiger partial charge in [0, 0.05) is 61.9 Å². The van der Waals surface area contributed by atoms with Gasteiger partial charge in [0.1, 0.15) is 5.82 Å². The van der Waals surface area contributed by atoms with E-state index in [4.69, 9.17) is 0 Å². The molecule has 0 saturated carbocycles. The van der Waals surface area contributed by atoms with Crippen molar-refractivity contribution in [2.45, 2.75) is 33.4 Å². The maximum atomic E-state index is 4.68. The van der Waals surface area contributed by atoms with Gasteiger partial charge in [0.2, 0.25) is 0 Å². The summed E-state index contributed by atoms with van der Waals surface area (Å²) in [7, 11) is 0. The van der Waals surface area contributed by atoms with Gasteiger partial charge in [-0.2, -0.15) is 0 Å². The number of para-hydroxylation sites is 1. The molecule has 1 aromatic carbocycles. The Kier molecular flexibility index (Phi) is 4.89. The molecular weight excluding hydrogens is 322 g/mol. The Labute approximate surface area is 155 Å². The molecular formula is C21H27N5. The topological polar surface area (TPSA) is 37.2 Å². The molecule has 0 radical (unpaired) electrons. The highest BCUT2D eigenvalue weighted by Crippen LogP contribution is 2.27. The van der Waals surface area contributed by atoms with E-state index < -0.39 is 0 Å². The van der Waals surface area contributed by atoms with Gasteiger partial charge in [-0.3, -0.25) is 9.88 Å². The summed E-state index contributed by atoms with van der Waals surface area (Å²) >= 11 is 0. The monoisotopic (exact) mass is 349 g/mol. The first-order valence-electron chi connectivity index (χ1n) is 9.58. The zero-order chi connectivity index (χ0) is 17.9. The number of hydrogen-bond donors (Lipinski definition) is 0. The Morgan fingerprint density at radius 3 is 2.69 bits per heavy atom. The average Bonchev–Trinajstić information content (AvgIpc) is 3.09. The van der Waals surface area contributed by atoms with Crippen LogP contribution in [0.25, 0.3) is 10.9 Å². The summed E-state index contributed by atoms with van der Waals surface area (Å²) in [4.78, 5) is 14.3. The van der Waals surface area contributed by atoms with Gasteiger partial charge < -0.3 is 9.47 Å². The van der Waals surface area contributed by atoms with E-state index in [9.17, 15) is 0 Å². The van der Waals surface area contributed by atoms with Crippen LogP contribution in [0.2, 0.25) is 0 Å². The average molecular weight is 349 g/mol. The highest BCUT2D eigenvalue weighted by Gasteiger charge is 2.20. The molecule has 5 nitrogen and oxygen atoms in total. The second-order valence-electron chi connectivity index (χ2n) is 7.10. The third-order valence-corrected chi connectivity index (χ3v) is 5.17. The number of pyridine rings is 1. The number of anilines is 1. The van der Waals surface area contributed by atoms with Crippen LogP contribution < -0.4 is 4.90 Å². The highest BCUT2D eigenvalue weighted by atomic mass is 15.3. The van der Waals surface area contributed by atoms with E-state index in [2.05, 4.69) is 74.7 Å². The summed E-state index contributed by atoms with van der Waals surface area (Å²) < 4.78 is 2.28. The predicted molar refractivity (Wildman–Crippen MR) is 106 cm³/mol. The SMILES string of the molecule is CCCn1ccnc1CN1CCN(c2cc(C)nc3ccccc23)CC1. The molecule has 0 atom stereocenters. The lowest BCUT2D eigenvalue weighted by Gasteiger charge is -2.36. The minimum absolute atomic E-state index is 0.941. The van der Waals surface area contributed by atoms with Crippen LogP contribution in [-0.4, -0.2) is 45.6 Å². The minimum Gasteiger partial charge on any atom is -0.368 e. The number of nitrogens with zero attached hydrogens (tertiary/aromatic N) is 5. The van der Waals surface area contributed by atoms with Crippen molar-refractivity contribution in [1.29, 1.82) is 0 Å². The Bertz CT molecular complexity index is 877. The largest absolute Gasteiger partial charge is 0.368 e. The lowest BCUT2D eigenvalue weighted by atomic mass is 10.1. The van der Waals surface area contributed by atoms with Crippen LogP contribution in [0.3, 0.4) is 0 Å². The maximum absolute atomic E-state index is 4.68. The van der Waals surface area contributed by atoms with Gasteiger partial charge in [0.15, 0.2) is 0 Å². The van der Waals surface area contributed by atoms with Gasteiger partial charge in [-0.1, -0.05) is 25.1 Å². The molecule has 0 N–H and O–H groups in total. The summed E-state index contributed by atoms with van der Waals surface area (Å²) in [5.74, 6) is 1.19. The fourth-order valence-electron chi connectivity index (χ4n) is 3.83. The van der Waals surface area contributed by atoms with Gasteiger partial charge in [0.25, 0.3) is 0 Å². The first kappa shape index (κ1) is 17.0. The molecule has 136 valence electrons. The van der Waals surface area contributed by atoms with E-state index in [1.807, 2.05) is 6.20 Å². The van der Waals surface area contributed by atoms with E-state index in [1.54, 1.807) is 0 Å². The second kappa shape index (κ2) is 7.46. The molecule has 4 rings (SSSR count). The Balaban J connectivity index is 1.46. The van der Waals surface area contributed by atoms with Crippen LogP contribution in [0, 0.1) is 6.92 Å². The smallest absolute Gasteiger partial charge is 0.122 e. The number of benzene rings is 1. The molecule has 3 heterocycles. The summed E-state index contributed by atoms with van der Waals surface area (Å²) in [6.07, 6.45) is 5.17. The third kappa shape index (κ3) is 3.44. The molecule has 26 heavy (non-hydrogen) atoms. The fourth-order valence-corrected chi connectivity index (χ4v) is 3.83. The number of aromatic nitrogens is 3. The van der Waals surface area contributed by atoms with Crippen molar-refractivity contribution in [2.24, 2.45) is 0 Å². The van der Waals surface area contributed by atoms with Crippen molar-refractivity contribution < 1.29 is 0 Å². The second-order valence-corrected chi connectivity index (χ2v) is 7.10. The zero-order valence-electron chi connectivity index (χ0n) is 15.7. The Hall–Kier alpha value is -2.40. The standard InChI is InChI=1S/C21H27N5/c1-3-9-26-10-8-22-21(26)16-24-11-13-25(14-12-24)20-15-17(2)23-19-7-5-4-6-18(19)20/h4-8,10,15H,3,9,11-14,16H2,1-2H3. The lowest BCUT2D eigenvalue weighted by molar-refractivity contribution is 0.240. The predicted octanol–water partition coefficient (Wildman–Crippen LogP) is 3.47. The van der Waals surface area contributed by atoms with Crippen molar-refractivity contribution >= 4 is 16.6 Å². The van der Waals surface area contributed by atoms with E-state index >= 15 is 0 Å². The summed E-state index contributed by atoms with van der Waals surface area (Å²) in [5.41, 5.74) is 3.49. The molecule has 5 heteroatoms. The number of piperazine rings is 1. The molecule has 0 aliphatic carbocycles. The van der Waals surface area contributed by atoms with Crippen molar-refractivity contribution in [2.75, 3.05) is 31.1 Å². The first-order valence-corrected chi connectivity index (χ1v) is 9.58. The number of aryl methyl sites for hydroxylation is 2. The number of fused-ring (bicyclic) bond motifs is 1. The molecule has 0 unspecified atom stereocenters. The van der Waals surface area contributed by atoms with Gasteiger partial charge >= 0.3 is 0 Å². The maximum Gasteiger partial charge on any atom is 0.122 e. The zero-order valence-corrected chi connectivity index (χ0v) is 15.7. The van der Waals surface area contributed by atoms with E-state index in [0.29, 0.717) is 0 Å². The van der Waals surface area contributed by atoms with Crippen LogP contribution in [0.5, 0.6) is 0 Å². The van der Waals surface area contributed by atoms with Crippen molar-refractivity contribution in [1.82, 2.24) is 19.4 Å². The van der Waals surface area contributed by atoms with Crippen LogP contribution in [-0.2, 0) is 13.1 Å². The van der Waals surface area contributed by atoms with Crippen molar-refractivity contribution in [3.8, 4) is 0 Å². The Morgan fingerprint density at radius 1 is 1.08 bits per heavy atom. The summed E-state index contributed by atoms with van der Waals surface area (Å²) in [6.45, 7) is 10.5. The highest BCUT2D eigenvalue weighted by molar-refractivity contribution is 5.92. The quantitative estimate of drug-likeness (QED) is 0.707. The Morgan fingerprint density at radius 2 is 1.88 bits per heavy atom. The van der Waals surface area contributed by atoms with Gasteiger partial charge in [-0.25, -0.2) is 4.98 Å². The molecule has 1 saturated heterocycles. The third-order valence-electron chi connectivity index (χ3n) is 5.17. The number of rotatable bonds is 5. The molecule has 3 aromatic rings. The van der Waals surface area contributed by atoms with Gasteiger partial charge in [-0.05, 0) is 25.5 Å². The minimum atomic E-state index is 0.941. The molecule has 1 aliphatic heterocycles. The van der Waals surface area contributed by atoms with E-state index in [0.717, 1.165) is 56.9 Å². The van der Waals surface area contributed by atoms with Crippen LogP contribution in [0.15, 0.2) is 42.7 Å². The fraction of sp³-hybridized carbons (Fsp3) is 0.429. The molecule has 0 amide bonds. The molecule has 1 aliphatic rings. The van der Waals surface area contributed by atoms with Crippen molar-refractivity contribution in [3.63, 3.8) is 0 Å². The van der Waals surface area contributed by atoms with Crippen LogP contribution >= 0.6 is 0 Å².